The van der Waals surface area contributed by atoms with Gasteiger partial charge in [0, 0.05) is 12.6 Å². The third-order valence-corrected chi connectivity index (χ3v) is 4.87. The van der Waals surface area contributed by atoms with E-state index in [4.69, 9.17) is 0 Å². The van der Waals surface area contributed by atoms with Gasteiger partial charge in [0.2, 0.25) is 15.9 Å². The Morgan fingerprint density at radius 2 is 1.96 bits per heavy atom. The number of hydrogen-bond donors (Lipinski definition) is 1. The Hall–Kier alpha value is -2.26. The minimum Gasteiger partial charge on any atom is -0.363 e. The number of nitrogens with one attached hydrogen (secondary N) is 1. The first kappa shape index (κ1) is 18.1. The van der Waals surface area contributed by atoms with Gasteiger partial charge in [0.15, 0.2) is 5.82 Å². The van der Waals surface area contributed by atoms with E-state index < -0.39 is 21.7 Å². The lowest BCUT2D eigenvalue weighted by Crippen LogP contribution is -2.40. The van der Waals surface area contributed by atoms with E-state index in [0.29, 0.717) is 0 Å². The summed E-state index contributed by atoms with van der Waals surface area (Å²) in [5, 5.41) is 5.99. The van der Waals surface area contributed by atoms with Gasteiger partial charge in [-0.1, -0.05) is 19.0 Å². The van der Waals surface area contributed by atoms with Gasteiger partial charge in [-0.05, 0) is 30.2 Å². The molecule has 0 atom stereocenters. The maximum atomic E-state index is 13.0. The Balaban J connectivity index is 2.20. The van der Waals surface area contributed by atoms with Crippen molar-refractivity contribution in [3.05, 3.63) is 42.4 Å². The molecular weight excluding hydrogens is 337 g/mol. The highest BCUT2D eigenvalue weighted by Crippen LogP contribution is 2.18. The molecule has 0 radical (unpaired) electrons. The van der Waals surface area contributed by atoms with Crippen molar-refractivity contribution in [1.29, 1.82) is 0 Å². The van der Waals surface area contributed by atoms with Gasteiger partial charge < -0.3 is 9.84 Å². The summed E-state index contributed by atoms with van der Waals surface area (Å²) in [5.74, 6) is -0.882. The first-order valence-corrected chi connectivity index (χ1v) is 8.69. The smallest absolute Gasteiger partial charge is 0.243 e. The van der Waals surface area contributed by atoms with E-state index >= 15 is 0 Å². The average molecular weight is 355 g/mol. The summed E-state index contributed by atoms with van der Waals surface area (Å²) in [7, 11) is -3.92. The molecule has 1 aromatic heterocycles. The van der Waals surface area contributed by atoms with Crippen molar-refractivity contribution >= 4 is 21.7 Å². The van der Waals surface area contributed by atoms with E-state index in [0.717, 1.165) is 16.4 Å². The SMILES string of the molecule is CC(C)CN(CC(=O)Nc1ccon1)S(=O)(=O)c1ccc(F)cc1. The quantitative estimate of drug-likeness (QED) is 0.821. The molecule has 0 aliphatic rings. The summed E-state index contributed by atoms with van der Waals surface area (Å²) < 4.78 is 44.1. The molecule has 0 bridgehead atoms. The van der Waals surface area contributed by atoms with Gasteiger partial charge in [0.1, 0.15) is 12.1 Å². The third kappa shape index (κ3) is 4.62. The molecule has 0 saturated carbocycles. The van der Waals surface area contributed by atoms with Crippen LogP contribution in [0.5, 0.6) is 0 Å². The van der Waals surface area contributed by atoms with Gasteiger partial charge in [0.05, 0.1) is 11.4 Å². The van der Waals surface area contributed by atoms with Crippen LogP contribution in [0.25, 0.3) is 0 Å². The Kier molecular flexibility index (Phi) is 5.68. The molecule has 0 aliphatic heterocycles. The number of benzene rings is 1. The number of carbonyl (C=O) groups excluding carboxylic acids is 1. The third-order valence-electron chi connectivity index (χ3n) is 3.05. The molecular formula is C15H18FN3O4S. The van der Waals surface area contributed by atoms with Crippen LogP contribution in [0.4, 0.5) is 10.2 Å². The van der Waals surface area contributed by atoms with Crippen LogP contribution in [-0.2, 0) is 14.8 Å². The van der Waals surface area contributed by atoms with Crippen molar-refractivity contribution in [3.63, 3.8) is 0 Å². The van der Waals surface area contributed by atoms with E-state index in [-0.39, 0.29) is 29.7 Å². The summed E-state index contributed by atoms with van der Waals surface area (Å²) in [4.78, 5) is 12.0. The molecule has 1 heterocycles. The second-order valence-corrected chi connectivity index (χ2v) is 7.52. The summed E-state index contributed by atoms with van der Waals surface area (Å²) in [6.07, 6.45) is 1.29. The average Bonchev–Trinajstić information content (AvgIpc) is 2.99. The minimum absolute atomic E-state index is 0.0000682. The lowest BCUT2D eigenvalue weighted by molar-refractivity contribution is -0.116. The number of nitrogens with zero attached hydrogens (tertiary/aromatic N) is 2. The van der Waals surface area contributed by atoms with Crippen LogP contribution in [0.1, 0.15) is 13.8 Å². The molecule has 1 amide bonds. The monoisotopic (exact) mass is 355 g/mol. The number of anilines is 1. The predicted octanol–water partition coefficient (Wildman–Crippen LogP) is 2.10. The first-order valence-electron chi connectivity index (χ1n) is 7.25. The van der Waals surface area contributed by atoms with Crippen molar-refractivity contribution < 1.29 is 22.1 Å². The Morgan fingerprint density at radius 1 is 1.29 bits per heavy atom. The number of rotatable bonds is 7. The number of halogens is 1. The van der Waals surface area contributed by atoms with Crippen molar-refractivity contribution in [1.82, 2.24) is 9.46 Å². The Labute approximate surface area is 139 Å². The fourth-order valence-electron chi connectivity index (χ4n) is 2.03. The summed E-state index contributed by atoms with van der Waals surface area (Å²) in [6, 6.07) is 5.92. The van der Waals surface area contributed by atoms with Crippen molar-refractivity contribution in [2.75, 3.05) is 18.4 Å². The Bertz CT molecular complexity index is 774. The molecule has 0 saturated heterocycles. The Morgan fingerprint density at radius 3 is 2.50 bits per heavy atom. The summed E-state index contributed by atoms with van der Waals surface area (Å²) in [6.45, 7) is 3.43. The fraction of sp³-hybridized carbons (Fsp3) is 0.333. The second-order valence-electron chi connectivity index (χ2n) is 5.58. The van der Waals surface area contributed by atoms with E-state index in [2.05, 4.69) is 15.0 Å². The summed E-state index contributed by atoms with van der Waals surface area (Å²) in [5.41, 5.74) is 0. The molecule has 1 aromatic carbocycles. The highest BCUT2D eigenvalue weighted by molar-refractivity contribution is 7.89. The molecule has 2 aromatic rings. The topological polar surface area (TPSA) is 92.5 Å². The van der Waals surface area contributed by atoms with Crippen molar-refractivity contribution in [2.24, 2.45) is 5.92 Å². The normalized spacial score (nSPS) is 11.9. The highest BCUT2D eigenvalue weighted by Gasteiger charge is 2.27. The molecule has 2 rings (SSSR count). The number of amides is 1. The maximum Gasteiger partial charge on any atom is 0.243 e. The van der Waals surface area contributed by atoms with Gasteiger partial charge in [0.25, 0.3) is 0 Å². The van der Waals surface area contributed by atoms with Crippen LogP contribution in [0, 0.1) is 11.7 Å². The number of hydrogen-bond acceptors (Lipinski definition) is 5. The summed E-state index contributed by atoms with van der Waals surface area (Å²) >= 11 is 0. The zero-order valence-electron chi connectivity index (χ0n) is 13.3. The molecule has 1 N–H and O–H groups in total. The predicted molar refractivity (Wildman–Crippen MR) is 85.1 cm³/mol. The molecule has 7 nitrogen and oxygen atoms in total. The number of sulfonamides is 1. The van der Waals surface area contributed by atoms with Gasteiger partial charge in [-0.25, -0.2) is 12.8 Å². The lowest BCUT2D eigenvalue weighted by atomic mass is 10.2. The van der Waals surface area contributed by atoms with Crippen molar-refractivity contribution in [2.45, 2.75) is 18.7 Å². The van der Waals surface area contributed by atoms with Crippen molar-refractivity contribution in [3.8, 4) is 0 Å². The molecule has 0 aliphatic carbocycles. The standard InChI is InChI=1S/C15H18FN3O4S/c1-11(2)9-19(10-15(20)17-14-7-8-23-18-14)24(21,22)13-5-3-12(16)4-6-13/h3-8,11H,9-10H2,1-2H3,(H,17,18,20). The van der Waals surface area contributed by atoms with Crippen LogP contribution in [-0.4, -0.2) is 36.9 Å². The van der Waals surface area contributed by atoms with E-state index in [9.17, 15) is 17.6 Å². The minimum atomic E-state index is -3.92. The number of carbonyl (C=O) groups is 1. The molecule has 0 unspecified atom stereocenters. The van der Waals surface area contributed by atoms with Gasteiger partial charge in [-0.3, -0.25) is 4.79 Å². The molecule has 0 fully saturated rings. The largest absolute Gasteiger partial charge is 0.363 e. The zero-order valence-corrected chi connectivity index (χ0v) is 14.1. The number of aromatic nitrogens is 1. The van der Waals surface area contributed by atoms with Crippen LogP contribution >= 0.6 is 0 Å². The highest BCUT2D eigenvalue weighted by atomic mass is 32.2. The fourth-order valence-corrected chi connectivity index (χ4v) is 3.59. The molecule has 9 heteroatoms. The first-order chi connectivity index (χ1) is 11.3. The second kappa shape index (κ2) is 7.54. The molecule has 24 heavy (non-hydrogen) atoms. The molecule has 130 valence electrons. The van der Waals surface area contributed by atoms with Gasteiger partial charge >= 0.3 is 0 Å². The van der Waals surface area contributed by atoms with Gasteiger partial charge in [-0.15, -0.1) is 0 Å². The van der Waals surface area contributed by atoms with Crippen LogP contribution in [0.15, 0.2) is 46.0 Å². The van der Waals surface area contributed by atoms with Crippen LogP contribution < -0.4 is 5.32 Å². The van der Waals surface area contributed by atoms with Crippen LogP contribution in [0.2, 0.25) is 0 Å². The lowest BCUT2D eigenvalue weighted by Gasteiger charge is -2.23. The van der Waals surface area contributed by atoms with E-state index in [1.54, 1.807) is 0 Å². The van der Waals surface area contributed by atoms with Gasteiger partial charge in [-0.2, -0.15) is 4.31 Å². The van der Waals surface area contributed by atoms with E-state index in [1.165, 1.54) is 24.5 Å². The van der Waals surface area contributed by atoms with Crippen LogP contribution in [0.3, 0.4) is 0 Å². The molecule has 0 spiro atoms. The zero-order chi connectivity index (χ0) is 17.7. The maximum absolute atomic E-state index is 13.0. The van der Waals surface area contributed by atoms with E-state index in [1.807, 2.05) is 13.8 Å².